The van der Waals surface area contributed by atoms with Crippen molar-refractivity contribution in [1.82, 2.24) is 15.5 Å². The Morgan fingerprint density at radius 1 is 1.80 bits per heavy atom. The Hall–Kier alpha value is -1.27. The Balaban J connectivity index is 2.23. The minimum atomic E-state index is 0.596. The highest BCUT2D eigenvalue weighted by molar-refractivity contribution is 4.97. The summed E-state index contributed by atoms with van der Waals surface area (Å²) in [6, 6.07) is 1.91. The molecule has 0 unspecified atom stereocenters. The molecule has 0 saturated heterocycles. The van der Waals surface area contributed by atoms with E-state index in [9.17, 15) is 0 Å². The molecule has 0 aliphatic rings. The first-order chi connectivity index (χ1) is 4.93. The molecule has 1 heterocycles. The van der Waals surface area contributed by atoms with E-state index in [4.69, 9.17) is 6.42 Å². The molecule has 0 aliphatic carbocycles. The smallest absolute Gasteiger partial charge is 0.0576 e. The number of H-pyrrole nitrogens is 1. The topological polar surface area (TPSA) is 40.7 Å². The Kier molecular flexibility index (Phi) is 2.53. The SMILES string of the molecule is C#CCNCc1ccn[nH]1. The van der Waals surface area contributed by atoms with Crippen molar-refractivity contribution in [3.8, 4) is 12.3 Å². The summed E-state index contributed by atoms with van der Waals surface area (Å²) in [5.41, 5.74) is 1.05. The fourth-order valence-electron chi connectivity index (χ4n) is 0.652. The third-order valence-corrected chi connectivity index (χ3v) is 1.10. The molecular weight excluding hydrogens is 126 g/mol. The third-order valence-electron chi connectivity index (χ3n) is 1.10. The largest absolute Gasteiger partial charge is 0.301 e. The van der Waals surface area contributed by atoms with Crippen LogP contribution in [-0.2, 0) is 6.54 Å². The molecule has 52 valence electrons. The second-order valence-corrected chi connectivity index (χ2v) is 1.89. The highest BCUT2D eigenvalue weighted by Gasteiger charge is 1.88. The lowest BCUT2D eigenvalue weighted by atomic mass is 10.4. The van der Waals surface area contributed by atoms with E-state index in [1.165, 1.54) is 0 Å². The van der Waals surface area contributed by atoms with Crippen LogP contribution in [0.25, 0.3) is 0 Å². The Bertz CT molecular complexity index is 207. The molecule has 0 fully saturated rings. The van der Waals surface area contributed by atoms with Crippen molar-refractivity contribution in [3.05, 3.63) is 18.0 Å². The number of terminal acetylenes is 1. The summed E-state index contributed by atoms with van der Waals surface area (Å²) in [5.74, 6) is 2.48. The average Bonchev–Trinajstić information content (AvgIpc) is 2.41. The van der Waals surface area contributed by atoms with Gasteiger partial charge in [0.25, 0.3) is 0 Å². The molecule has 3 heteroatoms. The zero-order chi connectivity index (χ0) is 7.23. The van der Waals surface area contributed by atoms with Crippen LogP contribution in [0.5, 0.6) is 0 Å². The second kappa shape index (κ2) is 3.70. The lowest BCUT2D eigenvalue weighted by Crippen LogP contribution is -2.13. The summed E-state index contributed by atoms with van der Waals surface area (Å²) in [6.45, 7) is 1.35. The highest BCUT2D eigenvalue weighted by atomic mass is 15.1. The van der Waals surface area contributed by atoms with Crippen molar-refractivity contribution in [2.45, 2.75) is 6.54 Å². The lowest BCUT2D eigenvalue weighted by molar-refractivity contribution is 0.745. The maximum atomic E-state index is 5.03. The predicted octanol–water partition coefficient (Wildman–Crippen LogP) is 0.132. The molecule has 0 spiro atoms. The van der Waals surface area contributed by atoms with E-state index in [-0.39, 0.29) is 0 Å². The molecule has 0 aromatic carbocycles. The maximum absolute atomic E-state index is 5.03. The predicted molar refractivity (Wildman–Crippen MR) is 39.1 cm³/mol. The van der Waals surface area contributed by atoms with E-state index in [2.05, 4.69) is 21.4 Å². The molecule has 0 bridgehead atoms. The summed E-state index contributed by atoms with van der Waals surface area (Å²) in [7, 11) is 0. The van der Waals surface area contributed by atoms with Gasteiger partial charge in [0.05, 0.1) is 6.54 Å². The van der Waals surface area contributed by atoms with Crippen LogP contribution in [-0.4, -0.2) is 16.7 Å². The normalized spacial score (nSPS) is 9.10. The van der Waals surface area contributed by atoms with Crippen LogP contribution >= 0.6 is 0 Å². The van der Waals surface area contributed by atoms with E-state index < -0.39 is 0 Å². The van der Waals surface area contributed by atoms with Crippen LogP contribution < -0.4 is 5.32 Å². The van der Waals surface area contributed by atoms with Gasteiger partial charge in [-0.1, -0.05) is 5.92 Å². The molecule has 1 rings (SSSR count). The van der Waals surface area contributed by atoms with Gasteiger partial charge in [-0.15, -0.1) is 6.42 Å². The van der Waals surface area contributed by atoms with Crippen LogP contribution in [0, 0.1) is 12.3 Å². The molecule has 0 radical (unpaired) electrons. The summed E-state index contributed by atoms with van der Waals surface area (Å²) in [4.78, 5) is 0. The molecule has 3 nitrogen and oxygen atoms in total. The van der Waals surface area contributed by atoms with E-state index in [0.717, 1.165) is 12.2 Å². The third kappa shape index (κ3) is 1.92. The fourth-order valence-corrected chi connectivity index (χ4v) is 0.652. The van der Waals surface area contributed by atoms with E-state index >= 15 is 0 Å². The van der Waals surface area contributed by atoms with E-state index in [1.807, 2.05) is 6.07 Å². The van der Waals surface area contributed by atoms with Gasteiger partial charge in [0.2, 0.25) is 0 Å². The molecule has 0 amide bonds. The monoisotopic (exact) mass is 135 g/mol. The Morgan fingerprint density at radius 3 is 3.30 bits per heavy atom. The van der Waals surface area contributed by atoms with Gasteiger partial charge in [-0.3, -0.25) is 5.10 Å². The first-order valence-electron chi connectivity index (χ1n) is 3.06. The fraction of sp³-hybridized carbons (Fsp3) is 0.286. The lowest BCUT2D eigenvalue weighted by Gasteiger charge is -1.94. The van der Waals surface area contributed by atoms with Gasteiger partial charge >= 0.3 is 0 Å². The van der Waals surface area contributed by atoms with Crippen molar-refractivity contribution < 1.29 is 0 Å². The number of rotatable bonds is 3. The van der Waals surface area contributed by atoms with E-state index in [1.54, 1.807) is 6.20 Å². The number of hydrogen-bond acceptors (Lipinski definition) is 2. The zero-order valence-electron chi connectivity index (χ0n) is 5.59. The van der Waals surface area contributed by atoms with Crippen molar-refractivity contribution >= 4 is 0 Å². The minimum Gasteiger partial charge on any atom is -0.301 e. The molecule has 10 heavy (non-hydrogen) atoms. The average molecular weight is 135 g/mol. The standard InChI is InChI=1S/C7H9N3/c1-2-4-8-6-7-3-5-9-10-7/h1,3,5,8H,4,6H2,(H,9,10). The van der Waals surface area contributed by atoms with Gasteiger partial charge in [0.15, 0.2) is 0 Å². The van der Waals surface area contributed by atoms with Gasteiger partial charge in [-0.2, -0.15) is 5.10 Å². The van der Waals surface area contributed by atoms with Crippen LogP contribution in [0.1, 0.15) is 5.69 Å². The molecule has 2 N–H and O–H groups in total. The number of hydrogen-bond donors (Lipinski definition) is 2. The maximum Gasteiger partial charge on any atom is 0.0576 e. The summed E-state index contributed by atoms with van der Waals surface area (Å²) >= 11 is 0. The zero-order valence-corrected chi connectivity index (χ0v) is 5.59. The summed E-state index contributed by atoms with van der Waals surface area (Å²) in [5, 5.41) is 9.63. The number of nitrogens with zero attached hydrogens (tertiary/aromatic N) is 1. The number of nitrogens with one attached hydrogen (secondary N) is 2. The molecule has 0 aliphatic heterocycles. The van der Waals surface area contributed by atoms with Crippen LogP contribution in [0.3, 0.4) is 0 Å². The Morgan fingerprint density at radius 2 is 2.70 bits per heavy atom. The van der Waals surface area contributed by atoms with Gasteiger partial charge in [0, 0.05) is 18.4 Å². The minimum absolute atomic E-state index is 0.596. The highest BCUT2D eigenvalue weighted by Crippen LogP contribution is 1.88. The van der Waals surface area contributed by atoms with Gasteiger partial charge in [-0.25, -0.2) is 0 Å². The molecule has 0 saturated carbocycles. The number of aromatic amines is 1. The van der Waals surface area contributed by atoms with Crippen LogP contribution in [0.4, 0.5) is 0 Å². The molecular formula is C7H9N3. The van der Waals surface area contributed by atoms with Gasteiger partial charge < -0.3 is 5.32 Å². The van der Waals surface area contributed by atoms with Crippen molar-refractivity contribution in [3.63, 3.8) is 0 Å². The van der Waals surface area contributed by atoms with Crippen LogP contribution in [0.15, 0.2) is 12.3 Å². The molecule has 1 aromatic heterocycles. The summed E-state index contributed by atoms with van der Waals surface area (Å²) in [6.07, 6.45) is 6.74. The van der Waals surface area contributed by atoms with Crippen molar-refractivity contribution in [2.75, 3.05) is 6.54 Å². The first kappa shape index (κ1) is 6.84. The van der Waals surface area contributed by atoms with Gasteiger partial charge in [-0.05, 0) is 6.07 Å². The second-order valence-electron chi connectivity index (χ2n) is 1.89. The van der Waals surface area contributed by atoms with Crippen molar-refractivity contribution in [2.24, 2.45) is 0 Å². The molecule has 1 aromatic rings. The van der Waals surface area contributed by atoms with E-state index in [0.29, 0.717) is 6.54 Å². The number of aromatic nitrogens is 2. The first-order valence-corrected chi connectivity index (χ1v) is 3.06. The van der Waals surface area contributed by atoms with Gasteiger partial charge in [0.1, 0.15) is 0 Å². The van der Waals surface area contributed by atoms with Crippen molar-refractivity contribution in [1.29, 1.82) is 0 Å². The molecule has 0 atom stereocenters. The van der Waals surface area contributed by atoms with Crippen LogP contribution in [0.2, 0.25) is 0 Å². The quantitative estimate of drug-likeness (QED) is 0.457. The Labute approximate surface area is 59.8 Å². The summed E-state index contributed by atoms with van der Waals surface area (Å²) < 4.78 is 0.